The molecule has 0 radical (unpaired) electrons. The van der Waals surface area contributed by atoms with E-state index in [0.717, 1.165) is 24.1 Å². The van der Waals surface area contributed by atoms with Gasteiger partial charge in [0, 0.05) is 23.8 Å². The van der Waals surface area contributed by atoms with Crippen LogP contribution in [0.4, 0.5) is 10.5 Å². The molecule has 124 valence electrons. The number of rotatable bonds is 5. The molecular formula is C17H18N4O3. The smallest absolute Gasteiger partial charge is 0.410 e. The van der Waals surface area contributed by atoms with Crippen LogP contribution in [0.3, 0.4) is 0 Å². The van der Waals surface area contributed by atoms with E-state index in [1.165, 1.54) is 0 Å². The number of carbonyl (C=O) groups is 2. The second kappa shape index (κ2) is 5.99. The third kappa shape index (κ3) is 3.10. The highest BCUT2D eigenvalue weighted by atomic mass is 16.6. The molecule has 7 heteroatoms. The number of nitrogens with one attached hydrogen (secondary N) is 2. The standard InChI is InChI=1S/C17H18N4O3/c22-16(15-9-14(19-20-15)12-4-5-12)18-13-3-1-2-11(8-13)10-21-6-7-24-17(21)23/h1-3,8-9,12H,4-7,10H2,(H,18,22)(H,19,20). The Morgan fingerprint density at radius 3 is 3.00 bits per heavy atom. The highest BCUT2D eigenvalue weighted by molar-refractivity contribution is 6.02. The first kappa shape index (κ1) is 14.7. The summed E-state index contributed by atoms with van der Waals surface area (Å²) in [4.78, 5) is 25.4. The third-order valence-corrected chi connectivity index (χ3v) is 4.25. The predicted molar refractivity (Wildman–Crippen MR) is 86.7 cm³/mol. The van der Waals surface area contributed by atoms with Crippen molar-refractivity contribution in [2.24, 2.45) is 0 Å². The zero-order valence-corrected chi connectivity index (χ0v) is 13.1. The summed E-state index contributed by atoms with van der Waals surface area (Å²) in [6.45, 7) is 1.49. The monoisotopic (exact) mass is 326 g/mol. The van der Waals surface area contributed by atoms with E-state index in [1.54, 1.807) is 4.90 Å². The van der Waals surface area contributed by atoms with Gasteiger partial charge in [0.15, 0.2) is 5.69 Å². The molecule has 0 spiro atoms. The molecule has 1 saturated carbocycles. The molecular weight excluding hydrogens is 308 g/mol. The van der Waals surface area contributed by atoms with Crippen molar-refractivity contribution in [1.82, 2.24) is 15.1 Å². The molecule has 2 aliphatic rings. The molecule has 2 heterocycles. The summed E-state index contributed by atoms with van der Waals surface area (Å²) in [7, 11) is 0. The molecule has 2 aromatic rings. The Labute approximate surface area is 139 Å². The van der Waals surface area contributed by atoms with Crippen molar-refractivity contribution in [3.63, 3.8) is 0 Å². The van der Waals surface area contributed by atoms with Crippen LogP contribution in [0.15, 0.2) is 30.3 Å². The summed E-state index contributed by atoms with van der Waals surface area (Å²) in [5.74, 6) is 0.290. The highest BCUT2D eigenvalue weighted by Crippen LogP contribution is 2.39. The molecule has 1 aromatic heterocycles. The minimum absolute atomic E-state index is 0.240. The van der Waals surface area contributed by atoms with Crippen molar-refractivity contribution in [1.29, 1.82) is 0 Å². The average molecular weight is 326 g/mol. The number of aromatic amines is 1. The first-order valence-corrected chi connectivity index (χ1v) is 8.06. The van der Waals surface area contributed by atoms with Crippen LogP contribution < -0.4 is 5.32 Å². The number of ether oxygens (including phenoxy) is 1. The maximum Gasteiger partial charge on any atom is 0.410 e. The second-order valence-electron chi connectivity index (χ2n) is 6.17. The Morgan fingerprint density at radius 2 is 2.25 bits per heavy atom. The molecule has 0 bridgehead atoms. The first-order chi connectivity index (χ1) is 11.7. The van der Waals surface area contributed by atoms with Crippen LogP contribution in [0.1, 0.15) is 40.5 Å². The number of nitrogens with zero attached hydrogens (tertiary/aromatic N) is 2. The van der Waals surface area contributed by atoms with Gasteiger partial charge in [0.1, 0.15) is 6.61 Å². The molecule has 1 aliphatic heterocycles. The summed E-state index contributed by atoms with van der Waals surface area (Å²) in [5.41, 5.74) is 3.04. The Bertz CT molecular complexity index is 782. The Morgan fingerprint density at radius 1 is 1.38 bits per heavy atom. The third-order valence-electron chi connectivity index (χ3n) is 4.25. The Balaban J connectivity index is 1.42. The molecule has 0 unspecified atom stereocenters. The van der Waals surface area contributed by atoms with Gasteiger partial charge >= 0.3 is 6.09 Å². The van der Waals surface area contributed by atoms with E-state index in [2.05, 4.69) is 15.5 Å². The van der Waals surface area contributed by atoms with Gasteiger partial charge in [-0.3, -0.25) is 9.89 Å². The number of cyclic esters (lactones) is 1. The summed E-state index contributed by atoms with van der Waals surface area (Å²) in [5, 5.41) is 9.86. The van der Waals surface area contributed by atoms with Gasteiger partial charge in [-0.2, -0.15) is 5.10 Å². The molecule has 4 rings (SSSR count). The van der Waals surface area contributed by atoms with Crippen molar-refractivity contribution < 1.29 is 14.3 Å². The van der Waals surface area contributed by atoms with Crippen LogP contribution in [0, 0.1) is 0 Å². The van der Waals surface area contributed by atoms with E-state index < -0.39 is 0 Å². The number of carbonyl (C=O) groups excluding carboxylic acids is 2. The van der Waals surface area contributed by atoms with Gasteiger partial charge in [0.2, 0.25) is 0 Å². The normalized spacial score (nSPS) is 17.0. The molecule has 0 atom stereocenters. The van der Waals surface area contributed by atoms with Gasteiger partial charge in [-0.15, -0.1) is 0 Å². The van der Waals surface area contributed by atoms with Crippen molar-refractivity contribution in [3.8, 4) is 0 Å². The molecule has 2 amide bonds. The number of H-pyrrole nitrogens is 1. The quantitative estimate of drug-likeness (QED) is 0.883. The fourth-order valence-electron chi connectivity index (χ4n) is 2.79. The van der Waals surface area contributed by atoms with Crippen LogP contribution in [0.25, 0.3) is 0 Å². The maximum absolute atomic E-state index is 12.3. The summed E-state index contributed by atoms with van der Waals surface area (Å²) >= 11 is 0. The predicted octanol–water partition coefficient (Wildman–Crippen LogP) is 2.49. The van der Waals surface area contributed by atoms with Gasteiger partial charge < -0.3 is 15.0 Å². The summed E-state index contributed by atoms with van der Waals surface area (Å²) < 4.78 is 4.92. The molecule has 1 aromatic carbocycles. The molecule has 24 heavy (non-hydrogen) atoms. The van der Waals surface area contributed by atoms with Crippen LogP contribution in [0.5, 0.6) is 0 Å². The number of benzene rings is 1. The van der Waals surface area contributed by atoms with E-state index in [9.17, 15) is 9.59 Å². The van der Waals surface area contributed by atoms with Gasteiger partial charge in [0.05, 0.1) is 6.54 Å². The lowest BCUT2D eigenvalue weighted by atomic mass is 10.2. The number of hydrogen-bond acceptors (Lipinski definition) is 4. The van der Waals surface area contributed by atoms with E-state index in [0.29, 0.717) is 37.0 Å². The Kier molecular flexibility index (Phi) is 3.68. The van der Waals surface area contributed by atoms with E-state index in [4.69, 9.17) is 4.74 Å². The summed E-state index contributed by atoms with van der Waals surface area (Å²) in [6.07, 6.45) is 2.02. The lowest BCUT2D eigenvalue weighted by molar-refractivity contribution is 0.102. The topological polar surface area (TPSA) is 87.3 Å². The van der Waals surface area contributed by atoms with Gasteiger partial charge in [-0.25, -0.2) is 4.79 Å². The molecule has 1 aliphatic carbocycles. The van der Waals surface area contributed by atoms with Crippen molar-refractivity contribution in [2.75, 3.05) is 18.5 Å². The van der Waals surface area contributed by atoms with Crippen molar-refractivity contribution in [3.05, 3.63) is 47.3 Å². The number of anilines is 1. The van der Waals surface area contributed by atoms with Gasteiger partial charge in [0.25, 0.3) is 5.91 Å². The molecule has 2 fully saturated rings. The van der Waals surface area contributed by atoms with Crippen LogP contribution in [-0.4, -0.2) is 40.2 Å². The van der Waals surface area contributed by atoms with Gasteiger partial charge in [-0.05, 0) is 36.6 Å². The number of amides is 2. The van der Waals surface area contributed by atoms with E-state index in [1.807, 2.05) is 30.3 Å². The zero-order valence-electron chi connectivity index (χ0n) is 13.1. The van der Waals surface area contributed by atoms with Gasteiger partial charge in [-0.1, -0.05) is 12.1 Å². The highest BCUT2D eigenvalue weighted by Gasteiger charge is 2.26. The SMILES string of the molecule is O=C(Nc1cccc(CN2CCOC2=O)c1)c1cc(C2CC2)[nH]n1. The fraction of sp³-hybridized carbons (Fsp3) is 0.353. The minimum atomic E-state index is -0.298. The van der Waals surface area contributed by atoms with Crippen LogP contribution in [0.2, 0.25) is 0 Å². The molecule has 7 nitrogen and oxygen atoms in total. The lowest BCUT2D eigenvalue weighted by Crippen LogP contribution is -2.23. The van der Waals surface area contributed by atoms with E-state index in [-0.39, 0.29) is 12.0 Å². The molecule has 1 saturated heterocycles. The maximum atomic E-state index is 12.3. The minimum Gasteiger partial charge on any atom is -0.448 e. The van der Waals surface area contributed by atoms with Crippen LogP contribution in [-0.2, 0) is 11.3 Å². The fourth-order valence-corrected chi connectivity index (χ4v) is 2.79. The van der Waals surface area contributed by atoms with Crippen molar-refractivity contribution in [2.45, 2.75) is 25.3 Å². The molecule has 2 N–H and O–H groups in total. The second-order valence-corrected chi connectivity index (χ2v) is 6.17. The number of aromatic nitrogens is 2. The van der Waals surface area contributed by atoms with Crippen LogP contribution >= 0.6 is 0 Å². The first-order valence-electron chi connectivity index (χ1n) is 8.06. The summed E-state index contributed by atoms with van der Waals surface area (Å²) in [6, 6.07) is 9.26. The lowest BCUT2D eigenvalue weighted by Gasteiger charge is -2.13. The average Bonchev–Trinajstić information content (AvgIpc) is 3.16. The largest absolute Gasteiger partial charge is 0.448 e. The zero-order chi connectivity index (χ0) is 16.5. The van der Waals surface area contributed by atoms with E-state index >= 15 is 0 Å². The van der Waals surface area contributed by atoms with Crippen molar-refractivity contribution >= 4 is 17.7 Å². The number of hydrogen-bond donors (Lipinski definition) is 2. The Hall–Kier alpha value is -2.83.